The Balaban J connectivity index is 2.62. The van der Waals surface area contributed by atoms with E-state index in [-0.39, 0.29) is 0 Å². The van der Waals surface area contributed by atoms with Crippen LogP contribution in [0, 0.1) is 6.92 Å². The van der Waals surface area contributed by atoms with E-state index in [4.69, 9.17) is 5.11 Å². The third-order valence-electron chi connectivity index (χ3n) is 2.32. The van der Waals surface area contributed by atoms with Crippen molar-refractivity contribution in [3.63, 3.8) is 0 Å². The number of carboxylic acid groups (broad SMARTS) is 1. The molecule has 0 saturated carbocycles. The number of carboxylic acids is 1. The van der Waals surface area contributed by atoms with Crippen molar-refractivity contribution in [1.29, 1.82) is 0 Å². The zero-order valence-electron chi connectivity index (χ0n) is 7.78. The van der Waals surface area contributed by atoms with Gasteiger partial charge in [-0.2, -0.15) is 0 Å². The molecule has 1 N–H and O–H groups in total. The van der Waals surface area contributed by atoms with Crippen molar-refractivity contribution in [2.24, 2.45) is 0 Å². The quantitative estimate of drug-likeness (QED) is 0.767. The van der Waals surface area contributed by atoms with Crippen molar-refractivity contribution in [3.05, 3.63) is 34.9 Å². The van der Waals surface area contributed by atoms with Gasteiger partial charge in [-0.25, -0.2) is 4.79 Å². The van der Waals surface area contributed by atoms with Crippen molar-refractivity contribution in [3.8, 4) is 0 Å². The summed E-state index contributed by atoms with van der Waals surface area (Å²) in [6.07, 6.45) is 4.07. The maximum atomic E-state index is 10.9. The molecule has 0 amide bonds. The van der Waals surface area contributed by atoms with Crippen molar-refractivity contribution >= 4 is 23.8 Å². The first-order valence-corrected chi connectivity index (χ1v) is 5.35. The molecule has 1 heterocycles. The third-order valence-corrected chi connectivity index (χ3v) is 3.35. The van der Waals surface area contributed by atoms with E-state index in [1.165, 1.54) is 4.90 Å². The molecule has 0 spiro atoms. The van der Waals surface area contributed by atoms with Gasteiger partial charge in [0.1, 0.15) is 0 Å². The van der Waals surface area contributed by atoms with Crippen molar-refractivity contribution in [2.75, 3.05) is 5.75 Å². The van der Waals surface area contributed by atoms with Gasteiger partial charge in [0.15, 0.2) is 0 Å². The fraction of sp³-hybridized carbons (Fsp3) is 0.182. The van der Waals surface area contributed by atoms with Gasteiger partial charge in [0.05, 0.1) is 5.56 Å². The van der Waals surface area contributed by atoms with Crippen LogP contribution in [-0.4, -0.2) is 16.8 Å². The molecule has 1 aliphatic heterocycles. The molecule has 0 atom stereocenters. The Kier molecular flexibility index (Phi) is 2.33. The van der Waals surface area contributed by atoms with Gasteiger partial charge in [-0.3, -0.25) is 0 Å². The van der Waals surface area contributed by atoms with E-state index >= 15 is 0 Å². The predicted octanol–water partition coefficient (Wildman–Crippen LogP) is 2.81. The molecule has 14 heavy (non-hydrogen) atoms. The van der Waals surface area contributed by atoms with Crippen LogP contribution in [-0.2, 0) is 0 Å². The molecule has 0 unspecified atom stereocenters. The molecule has 1 aromatic carbocycles. The van der Waals surface area contributed by atoms with Gasteiger partial charge in [0.25, 0.3) is 0 Å². The van der Waals surface area contributed by atoms with Crippen LogP contribution in [0.15, 0.2) is 23.1 Å². The van der Waals surface area contributed by atoms with Gasteiger partial charge in [-0.15, -0.1) is 11.8 Å². The smallest absolute Gasteiger partial charge is 0.335 e. The number of aromatic carboxylic acids is 1. The zero-order chi connectivity index (χ0) is 10.1. The molecule has 0 aromatic heterocycles. The van der Waals surface area contributed by atoms with Crippen molar-refractivity contribution in [1.82, 2.24) is 0 Å². The molecule has 1 aliphatic rings. The maximum Gasteiger partial charge on any atom is 0.335 e. The Morgan fingerprint density at radius 3 is 3.00 bits per heavy atom. The first-order valence-electron chi connectivity index (χ1n) is 4.36. The standard InChI is InChI=1S/C11H10O2S/c1-7-8-3-2-6-14-10(8)5-4-9(7)11(12)13/h2-5H,6H2,1H3,(H,12,13). The molecule has 1 aromatic rings. The SMILES string of the molecule is Cc1c(C(=O)O)ccc2c1C=CCS2. The van der Waals surface area contributed by atoms with Crippen LogP contribution >= 0.6 is 11.8 Å². The molecule has 0 saturated heterocycles. The number of hydrogen-bond acceptors (Lipinski definition) is 2. The summed E-state index contributed by atoms with van der Waals surface area (Å²) in [6, 6.07) is 3.57. The van der Waals surface area contributed by atoms with Crippen molar-refractivity contribution < 1.29 is 9.90 Å². The fourth-order valence-corrected chi connectivity index (χ4v) is 2.49. The zero-order valence-corrected chi connectivity index (χ0v) is 8.60. The number of rotatable bonds is 1. The predicted molar refractivity (Wildman–Crippen MR) is 57.9 cm³/mol. The Bertz CT molecular complexity index is 422. The summed E-state index contributed by atoms with van der Waals surface area (Å²) in [5.74, 6) is 0.119. The van der Waals surface area contributed by atoms with Gasteiger partial charge >= 0.3 is 5.97 Å². The summed E-state index contributed by atoms with van der Waals surface area (Å²) in [5.41, 5.74) is 2.32. The number of benzene rings is 1. The minimum Gasteiger partial charge on any atom is -0.478 e. The van der Waals surface area contributed by atoms with Gasteiger partial charge in [-0.05, 0) is 30.2 Å². The summed E-state index contributed by atoms with van der Waals surface area (Å²) < 4.78 is 0. The lowest BCUT2D eigenvalue weighted by molar-refractivity contribution is 0.0696. The number of carbonyl (C=O) groups is 1. The second kappa shape index (κ2) is 3.50. The van der Waals surface area contributed by atoms with E-state index in [0.717, 1.165) is 16.9 Å². The van der Waals surface area contributed by atoms with Crippen LogP contribution in [0.25, 0.3) is 6.08 Å². The monoisotopic (exact) mass is 206 g/mol. The van der Waals surface area contributed by atoms with Gasteiger partial charge in [0, 0.05) is 10.6 Å². The molecular weight excluding hydrogens is 196 g/mol. The second-order valence-corrected chi connectivity index (χ2v) is 4.23. The Labute approximate surface area is 86.6 Å². The minimum absolute atomic E-state index is 0.399. The van der Waals surface area contributed by atoms with Gasteiger partial charge < -0.3 is 5.11 Å². The normalized spacial score (nSPS) is 13.8. The fourth-order valence-electron chi connectivity index (χ4n) is 1.57. The van der Waals surface area contributed by atoms with Crippen molar-refractivity contribution in [2.45, 2.75) is 11.8 Å². The van der Waals surface area contributed by atoms with Crippen LogP contribution in [0.5, 0.6) is 0 Å². The van der Waals surface area contributed by atoms with E-state index in [0.29, 0.717) is 5.56 Å². The van der Waals surface area contributed by atoms with E-state index in [1.807, 2.05) is 19.1 Å². The van der Waals surface area contributed by atoms with E-state index in [2.05, 4.69) is 6.08 Å². The average molecular weight is 206 g/mol. The molecule has 0 fully saturated rings. The lowest BCUT2D eigenvalue weighted by atomic mass is 10.0. The number of thioether (sulfide) groups is 1. The molecule has 72 valence electrons. The first kappa shape index (κ1) is 9.34. The molecule has 0 radical (unpaired) electrons. The van der Waals surface area contributed by atoms with Crippen LogP contribution in [0.1, 0.15) is 21.5 Å². The summed E-state index contributed by atoms with van der Waals surface area (Å²) in [6.45, 7) is 1.86. The van der Waals surface area contributed by atoms with E-state index in [1.54, 1.807) is 17.8 Å². The summed E-state index contributed by atoms with van der Waals surface area (Å²) in [7, 11) is 0. The highest BCUT2D eigenvalue weighted by atomic mass is 32.2. The highest BCUT2D eigenvalue weighted by molar-refractivity contribution is 7.99. The van der Waals surface area contributed by atoms with Crippen LogP contribution < -0.4 is 0 Å². The van der Waals surface area contributed by atoms with Crippen LogP contribution in [0.2, 0.25) is 0 Å². The second-order valence-electron chi connectivity index (χ2n) is 3.17. The molecule has 3 heteroatoms. The molecule has 0 aliphatic carbocycles. The van der Waals surface area contributed by atoms with Crippen LogP contribution in [0.4, 0.5) is 0 Å². The molecular formula is C11H10O2S. The lowest BCUT2D eigenvalue weighted by Gasteiger charge is -2.13. The topological polar surface area (TPSA) is 37.3 Å². The summed E-state index contributed by atoms with van der Waals surface area (Å²) >= 11 is 1.74. The highest BCUT2D eigenvalue weighted by Gasteiger charge is 2.14. The minimum atomic E-state index is -0.853. The Morgan fingerprint density at radius 1 is 1.50 bits per heavy atom. The first-order chi connectivity index (χ1) is 6.70. The Hall–Kier alpha value is -1.22. The van der Waals surface area contributed by atoms with Gasteiger partial charge in [-0.1, -0.05) is 12.2 Å². The number of hydrogen-bond donors (Lipinski definition) is 1. The lowest BCUT2D eigenvalue weighted by Crippen LogP contribution is -2.03. The van der Waals surface area contributed by atoms with E-state index < -0.39 is 5.97 Å². The van der Waals surface area contributed by atoms with E-state index in [9.17, 15) is 4.79 Å². The number of fused-ring (bicyclic) bond motifs is 1. The molecule has 0 bridgehead atoms. The largest absolute Gasteiger partial charge is 0.478 e. The molecule has 2 rings (SSSR count). The summed E-state index contributed by atoms with van der Waals surface area (Å²) in [4.78, 5) is 12.1. The highest BCUT2D eigenvalue weighted by Crippen LogP contribution is 2.32. The third kappa shape index (κ3) is 1.44. The van der Waals surface area contributed by atoms with Gasteiger partial charge in [0.2, 0.25) is 0 Å². The molecule has 2 nitrogen and oxygen atoms in total. The summed E-state index contributed by atoms with van der Waals surface area (Å²) in [5, 5.41) is 8.94. The van der Waals surface area contributed by atoms with Crippen LogP contribution in [0.3, 0.4) is 0 Å². The Morgan fingerprint density at radius 2 is 2.29 bits per heavy atom. The maximum absolute atomic E-state index is 10.9. The average Bonchev–Trinajstić information content (AvgIpc) is 2.18.